The third-order valence-corrected chi connectivity index (χ3v) is 2.50. The maximum Gasteiger partial charge on any atom is 0.120 e. The zero-order valence-electron chi connectivity index (χ0n) is 8.47. The molecule has 0 heterocycles. The Kier molecular flexibility index (Phi) is 3.92. The maximum absolute atomic E-state index is 9.10. The first kappa shape index (κ1) is 11.0. The lowest BCUT2D eigenvalue weighted by Crippen LogP contribution is -2.11. The average Bonchev–Trinajstić information content (AvgIpc) is 2.21. The molecule has 14 heavy (non-hydrogen) atoms. The van der Waals surface area contributed by atoms with Gasteiger partial charge in [-0.2, -0.15) is 0 Å². The molecular formula is C11H16O3. The Morgan fingerprint density at radius 2 is 1.86 bits per heavy atom. The SMILES string of the molecule is CCC(C)C(OO)c1ccc(O)cc1. The average molecular weight is 196 g/mol. The van der Waals surface area contributed by atoms with Gasteiger partial charge in [0.25, 0.3) is 0 Å². The van der Waals surface area contributed by atoms with Gasteiger partial charge in [-0.15, -0.1) is 0 Å². The van der Waals surface area contributed by atoms with Crippen molar-refractivity contribution in [3.05, 3.63) is 29.8 Å². The molecule has 1 aromatic rings. The Balaban J connectivity index is 2.84. The van der Waals surface area contributed by atoms with Crippen molar-refractivity contribution in [1.29, 1.82) is 0 Å². The molecule has 0 aromatic heterocycles. The smallest absolute Gasteiger partial charge is 0.120 e. The number of hydrogen-bond acceptors (Lipinski definition) is 3. The van der Waals surface area contributed by atoms with E-state index in [1.807, 2.05) is 13.8 Å². The lowest BCUT2D eigenvalue weighted by Gasteiger charge is -2.19. The molecule has 1 aromatic carbocycles. The fourth-order valence-corrected chi connectivity index (χ4v) is 1.37. The lowest BCUT2D eigenvalue weighted by molar-refractivity contribution is -0.293. The number of rotatable bonds is 4. The lowest BCUT2D eigenvalue weighted by atomic mass is 9.95. The fraction of sp³-hybridized carbons (Fsp3) is 0.455. The molecule has 0 radical (unpaired) electrons. The molecule has 3 nitrogen and oxygen atoms in total. The van der Waals surface area contributed by atoms with Gasteiger partial charge in [0.1, 0.15) is 11.9 Å². The first-order chi connectivity index (χ1) is 6.69. The Bertz CT molecular complexity index is 268. The largest absolute Gasteiger partial charge is 0.508 e. The predicted molar refractivity (Wildman–Crippen MR) is 54.0 cm³/mol. The summed E-state index contributed by atoms with van der Waals surface area (Å²) in [5.41, 5.74) is 0.875. The molecule has 3 heteroatoms. The summed E-state index contributed by atoms with van der Waals surface area (Å²) in [6.07, 6.45) is 0.604. The van der Waals surface area contributed by atoms with Gasteiger partial charge in [-0.1, -0.05) is 32.4 Å². The second-order valence-electron chi connectivity index (χ2n) is 3.50. The summed E-state index contributed by atoms with van der Waals surface area (Å²) in [6, 6.07) is 6.68. The van der Waals surface area contributed by atoms with Crippen LogP contribution in [0, 0.1) is 5.92 Å². The standard InChI is InChI=1S/C11H16O3/c1-3-8(2)11(14-13)9-4-6-10(12)7-5-9/h4-8,11-13H,3H2,1-2H3. The molecule has 0 aliphatic carbocycles. The molecule has 78 valence electrons. The van der Waals surface area contributed by atoms with E-state index in [4.69, 9.17) is 10.4 Å². The molecule has 0 amide bonds. The van der Waals surface area contributed by atoms with Gasteiger partial charge in [0.2, 0.25) is 0 Å². The van der Waals surface area contributed by atoms with Gasteiger partial charge in [0, 0.05) is 0 Å². The van der Waals surface area contributed by atoms with Crippen molar-refractivity contribution in [2.75, 3.05) is 0 Å². The van der Waals surface area contributed by atoms with Gasteiger partial charge in [0.15, 0.2) is 0 Å². The Hall–Kier alpha value is -1.06. The molecule has 0 saturated carbocycles. The first-order valence-electron chi connectivity index (χ1n) is 4.78. The molecule has 0 aliphatic rings. The van der Waals surface area contributed by atoms with Crippen LogP contribution in [0.5, 0.6) is 5.75 Å². The topological polar surface area (TPSA) is 49.7 Å². The van der Waals surface area contributed by atoms with Gasteiger partial charge in [-0.05, 0) is 23.6 Å². The maximum atomic E-state index is 9.10. The molecule has 0 bridgehead atoms. The van der Waals surface area contributed by atoms with Gasteiger partial charge >= 0.3 is 0 Å². The highest BCUT2D eigenvalue weighted by molar-refractivity contribution is 5.27. The second kappa shape index (κ2) is 4.98. The van der Waals surface area contributed by atoms with Gasteiger partial charge < -0.3 is 5.11 Å². The molecule has 1 rings (SSSR count). The van der Waals surface area contributed by atoms with E-state index in [1.165, 1.54) is 0 Å². The van der Waals surface area contributed by atoms with Crippen molar-refractivity contribution >= 4 is 0 Å². The van der Waals surface area contributed by atoms with Crippen molar-refractivity contribution in [3.8, 4) is 5.75 Å². The van der Waals surface area contributed by atoms with Crippen LogP contribution in [0.4, 0.5) is 0 Å². The molecule has 0 fully saturated rings. The van der Waals surface area contributed by atoms with Crippen molar-refractivity contribution in [2.45, 2.75) is 26.4 Å². The van der Waals surface area contributed by atoms with E-state index in [-0.39, 0.29) is 17.8 Å². The van der Waals surface area contributed by atoms with E-state index in [9.17, 15) is 0 Å². The summed E-state index contributed by atoms with van der Waals surface area (Å²) in [5, 5.41) is 17.9. The molecule has 0 spiro atoms. The van der Waals surface area contributed by atoms with E-state index >= 15 is 0 Å². The van der Waals surface area contributed by atoms with Crippen molar-refractivity contribution in [2.24, 2.45) is 5.92 Å². The van der Waals surface area contributed by atoms with Crippen molar-refractivity contribution in [1.82, 2.24) is 0 Å². The molecule has 2 N–H and O–H groups in total. The highest BCUT2D eigenvalue weighted by Gasteiger charge is 2.18. The third kappa shape index (κ3) is 2.47. The van der Waals surface area contributed by atoms with Crippen LogP contribution in [0.3, 0.4) is 0 Å². The van der Waals surface area contributed by atoms with E-state index < -0.39 is 0 Å². The minimum Gasteiger partial charge on any atom is -0.508 e. The summed E-state index contributed by atoms with van der Waals surface area (Å²) < 4.78 is 0. The number of benzene rings is 1. The van der Waals surface area contributed by atoms with Crippen molar-refractivity contribution < 1.29 is 15.3 Å². The minimum atomic E-state index is -0.319. The zero-order valence-corrected chi connectivity index (χ0v) is 8.47. The van der Waals surface area contributed by atoms with Crippen LogP contribution in [-0.4, -0.2) is 10.4 Å². The van der Waals surface area contributed by atoms with Crippen LogP contribution >= 0.6 is 0 Å². The van der Waals surface area contributed by atoms with E-state index in [1.54, 1.807) is 24.3 Å². The number of phenolic OH excluding ortho intramolecular Hbond substituents is 1. The molecule has 2 atom stereocenters. The highest BCUT2D eigenvalue weighted by atomic mass is 17.1. The number of hydrogen-bond donors (Lipinski definition) is 2. The van der Waals surface area contributed by atoms with Crippen LogP contribution in [0.2, 0.25) is 0 Å². The van der Waals surface area contributed by atoms with E-state index in [0.29, 0.717) is 0 Å². The Labute approximate surface area is 83.9 Å². The predicted octanol–water partition coefficient (Wildman–Crippen LogP) is 2.97. The second-order valence-corrected chi connectivity index (χ2v) is 3.50. The van der Waals surface area contributed by atoms with E-state index in [2.05, 4.69) is 4.89 Å². The van der Waals surface area contributed by atoms with Crippen LogP contribution in [0.1, 0.15) is 31.9 Å². The van der Waals surface area contributed by atoms with Gasteiger partial charge in [-0.25, -0.2) is 4.89 Å². The summed E-state index contributed by atoms with van der Waals surface area (Å²) in [5.74, 6) is 0.458. The number of aromatic hydroxyl groups is 1. The first-order valence-corrected chi connectivity index (χ1v) is 4.78. The van der Waals surface area contributed by atoms with Crippen molar-refractivity contribution in [3.63, 3.8) is 0 Å². The minimum absolute atomic E-state index is 0.217. The third-order valence-electron chi connectivity index (χ3n) is 2.50. The monoisotopic (exact) mass is 196 g/mol. The Morgan fingerprint density at radius 3 is 2.29 bits per heavy atom. The van der Waals surface area contributed by atoms with Crippen LogP contribution in [0.25, 0.3) is 0 Å². The summed E-state index contributed by atoms with van der Waals surface area (Å²) in [6.45, 7) is 4.05. The normalized spacial score (nSPS) is 15.1. The summed E-state index contributed by atoms with van der Waals surface area (Å²) in [7, 11) is 0. The Morgan fingerprint density at radius 1 is 1.29 bits per heavy atom. The highest BCUT2D eigenvalue weighted by Crippen LogP contribution is 2.28. The van der Waals surface area contributed by atoms with Crippen LogP contribution < -0.4 is 0 Å². The molecule has 2 unspecified atom stereocenters. The van der Waals surface area contributed by atoms with Gasteiger partial charge in [-0.3, -0.25) is 5.26 Å². The fourth-order valence-electron chi connectivity index (χ4n) is 1.37. The van der Waals surface area contributed by atoms with Crippen LogP contribution in [-0.2, 0) is 4.89 Å². The van der Waals surface area contributed by atoms with Gasteiger partial charge in [0.05, 0.1) is 0 Å². The quantitative estimate of drug-likeness (QED) is 0.575. The number of phenols is 1. The van der Waals surface area contributed by atoms with E-state index in [0.717, 1.165) is 12.0 Å². The zero-order chi connectivity index (χ0) is 10.6. The molecule has 0 aliphatic heterocycles. The molecular weight excluding hydrogens is 180 g/mol. The molecule has 0 saturated heterocycles. The summed E-state index contributed by atoms with van der Waals surface area (Å²) >= 11 is 0. The summed E-state index contributed by atoms with van der Waals surface area (Å²) in [4.78, 5) is 4.45. The van der Waals surface area contributed by atoms with Crippen LogP contribution in [0.15, 0.2) is 24.3 Å².